The van der Waals surface area contributed by atoms with Crippen LogP contribution in [-0.2, 0) is 9.53 Å². The van der Waals surface area contributed by atoms with Gasteiger partial charge in [0, 0.05) is 0 Å². The van der Waals surface area contributed by atoms with Gasteiger partial charge in [-0.1, -0.05) is 87.9 Å². The summed E-state index contributed by atoms with van der Waals surface area (Å²) in [5, 5.41) is 2.15. The number of carbonyl (C=O) groups excluding carboxylic acids is 1. The van der Waals surface area contributed by atoms with Crippen LogP contribution in [0, 0.1) is 0 Å². The van der Waals surface area contributed by atoms with Crippen molar-refractivity contribution in [3.8, 4) is 11.5 Å². The summed E-state index contributed by atoms with van der Waals surface area (Å²) >= 11 is 0. The summed E-state index contributed by atoms with van der Waals surface area (Å²) in [6.45, 7) is 2.96. The van der Waals surface area contributed by atoms with Gasteiger partial charge in [-0.15, -0.1) is 0 Å². The van der Waals surface area contributed by atoms with Gasteiger partial charge in [0.2, 0.25) is 0 Å². The second-order valence-electron chi connectivity index (χ2n) is 8.45. The highest BCUT2D eigenvalue weighted by molar-refractivity contribution is 5.86. The lowest BCUT2D eigenvalue weighted by atomic mass is 10.1. The van der Waals surface area contributed by atoms with Crippen molar-refractivity contribution >= 4 is 16.7 Å². The quantitative estimate of drug-likeness (QED) is 0.134. The van der Waals surface area contributed by atoms with E-state index >= 15 is 0 Å². The van der Waals surface area contributed by atoms with E-state index in [0.717, 1.165) is 35.1 Å². The molecule has 0 spiro atoms. The van der Waals surface area contributed by atoms with Crippen molar-refractivity contribution in [1.82, 2.24) is 0 Å². The summed E-state index contributed by atoms with van der Waals surface area (Å²) in [6, 6.07) is 21.5. The number of hydrogen-bond acceptors (Lipinski definition) is 4. The van der Waals surface area contributed by atoms with Crippen LogP contribution in [0.3, 0.4) is 0 Å². The monoisotopic (exact) mass is 432 g/mol. The number of rotatable bonds is 12. The second-order valence-corrected chi connectivity index (χ2v) is 8.45. The average molecular weight is 433 g/mol. The molecule has 0 unspecified atom stereocenters. The van der Waals surface area contributed by atoms with Crippen LogP contribution in [0.5, 0.6) is 11.5 Å². The summed E-state index contributed by atoms with van der Waals surface area (Å²) in [7, 11) is 0. The maximum absolute atomic E-state index is 12.5. The highest BCUT2D eigenvalue weighted by Gasteiger charge is 2.47. The minimum Gasteiger partial charge on any atom is -0.494 e. The highest BCUT2D eigenvalue weighted by atomic mass is 16.6. The molecule has 0 saturated carbocycles. The molecule has 1 saturated heterocycles. The van der Waals surface area contributed by atoms with Gasteiger partial charge in [0.25, 0.3) is 0 Å². The van der Waals surface area contributed by atoms with Crippen LogP contribution in [-0.4, -0.2) is 18.7 Å². The molecule has 1 fully saturated rings. The fraction of sp³-hybridized carbons (Fsp3) is 0.393. The van der Waals surface area contributed by atoms with Gasteiger partial charge in [-0.05, 0) is 47.0 Å². The van der Waals surface area contributed by atoms with Crippen molar-refractivity contribution in [3.63, 3.8) is 0 Å². The van der Waals surface area contributed by atoms with Gasteiger partial charge < -0.3 is 14.2 Å². The zero-order valence-electron chi connectivity index (χ0n) is 18.8. The average Bonchev–Trinajstić information content (AvgIpc) is 3.62. The molecular weight excluding hydrogens is 400 g/mol. The van der Waals surface area contributed by atoms with Crippen LogP contribution in [0.2, 0.25) is 0 Å². The Morgan fingerprint density at radius 1 is 0.812 bits per heavy atom. The fourth-order valence-electron chi connectivity index (χ4n) is 3.98. The van der Waals surface area contributed by atoms with Gasteiger partial charge in [0.1, 0.15) is 17.6 Å². The molecule has 0 aromatic heterocycles. The molecule has 4 heteroatoms. The molecule has 0 N–H and O–H groups in total. The van der Waals surface area contributed by atoms with E-state index in [9.17, 15) is 4.79 Å². The van der Waals surface area contributed by atoms with Crippen molar-refractivity contribution in [1.29, 1.82) is 0 Å². The number of epoxide rings is 1. The molecule has 0 radical (unpaired) electrons. The number of benzene rings is 3. The third kappa shape index (κ3) is 6.10. The Morgan fingerprint density at radius 2 is 1.59 bits per heavy atom. The van der Waals surface area contributed by atoms with Crippen LogP contribution in [0.15, 0.2) is 66.7 Å². The Balaban J connectivity index is 1.23. The molecule has 0 amide bonds. The lowest BCUT2D eigenvalue weighted by molar-refractivity contribution is -0.135. The minimum absolute atomic E-state index is 0.273. The first-order chi connectivity index (χ1) is 15.7. The SMILES string of the molecule is CCCCCCCCCOc1cccc([C@@H]2O[C@H]2C(=O)Oc2ccc3ccccc3c2)c1. The van der Waals surface area contributed by atoms with E-state index < -0.39 is 6.10 Å². The summed E-state index contributed by atoms with van der Waals surface area (Å²) in [4.78, 5) is 12.5. The van der Waals surface area contributed by atoms with Crippen molar-refractivity contribution in [2.75, 3.05) is 6.61 Å². The van der Waals surface area contributed by atoms with E-state index in [2.05, 4.69) is 6.92 Å². The smallest absolute Gasteiger partial charge is 0.343 e. The first kappa shape index (κ1) is 22.3. The fourth-order valence-corrected chi connectivity index (χ4v) is 3.98. The number of carbonyl (C=O) groups is 1. The molecule has 4 nitrogen and oxygen atoms in total. The van der Waals surface area contributed by atoms with Gasteiger partial charge >= 0.3 is 5.97 Å². The standard InChI is InChI=1S/C28H32O4/c1-2-3-4-5-6-7-10-18-30-24-15-11-14-23(20-24)26-27(32-26)28(29)31-25-17-16-21-12-8-9-13-22(21)19-25/h8-9,11-17,19-20,26-27H,2-7,10,18H2,1H3/t26-,27+/m0/s1. The zero-order chi connectivity index (χ0) is 22.2. The molecule has 4 rings (SSSR count). The molecule has 2 atom stereocenters. The molecule has 1 aliphatic heterocycles. The minimum atomic E-state index is -0.570. The molecule has 1 aliphatic rings. The van der Waals surface area contributed by atoms with Crippen molar-refractivity contribution in [2.45, 2.75) is 64.1 Å². The van der Waals surface area contributed by atoms with Gasteiger partial charge in [-0.2, -0.15) is 0 Å². The number of hydrogen-bond donors (Lipinski definition) is 0. The Labute approximate surface area is 190 Å². The molecule has 32 heavy (non-hydrogen) atoms. The summed E-state index contributed by atoms with van der Waals surface area (Å²) in [5.74, 6) is 1.00. The Kier molecular flexibility index (Phi) is 7.78. The van der Waals surface area contributed by atoms with Crippen LogP contribution in [0.1, 0.15) is 63.5 Å². The Morgan fingerprint density at radius 3 is 2.44 bits per heavy atom. The topological polar surface area (TPSA) is 48.1 Å². The lowest BCUT2D eigenvalue weighted by Crippen LogP contribution is -2.15. The summed E-state index contributed by atoms with van der Waals surface area (Å²) in [5.41, 5.74) is 0.947. The molecule has 1 heterocycles. The molecule has 0 bridgehead atoms. The van der Waals surface area contributed by atoms with Crippen molar-refractivity contribution < 1.29 is 19.0 Å². The van der Waals surface area contributed by atoms with E-state index in [1.54, 1.807) is 0 Å². The van der Waals surface area contributed by atoms with Crippen LogP contribution in [0.4, 0.5) is 0 Å². The third-order valence-electron chi connectivity index (χ3n) is 5.87. The Hall–Kier alpha value is -2.85. The highest BCUT2D eigenvalue weighted by Crippen LogP contribution is 2.40. The predicted octanol–water partition coefficient (Wildman–Crippen LogP) is 7.01. The molecule has 3 aromatic carbocycles. The van der Waals surface area contributed by atoms with E-state index in [1.165, 1.54) is 38.5 Å². The maximum Gasteiger partial charge on any atom is 0.343 e. The maximum atomic E-state index is 12.5. The van der Waals surface area contributed by atoms with Crippen LogP contribution < -0.4 is 9.47 Å². The van der Waals surface area contributed by atoms with Gasteiger partial charge in [0.15, 0.2) is 6.10 Å². The van der Waals surface area contributed by atoms with Crippen molar-refractivity contribution in [3.05, 3.63) is 72.3 Å². The summed E-state index contributed by atoms with van der Waals surface area (Å²) in [6.07, 6.45) is 7.99. The van der Waals surface area contributed by atoms with Gasteiger partial charge in [0.05, 0.1) is 6.61 Å². The largest absolute Gasteiger partial charge is 0.494 e. The van der Waals surface area contributed by atoms with Gasteiger partial charge in [-0.25, -0.2) is 4.79 Å². The second kappa shape index (κ2) is 11.1. The van der Waals surface area contributed by atoms with E-state index in [0.29, 0.717) is 5.75 Å². The summed E-state index contributed by atoms with van der Waals surface area (Å²) < 4.78 is 17.1. The first-order valence-electron chi connectivity index (χ1n) is 11.8. The van der Waals surface area contributed by atoms with E-state index in [4.69, 9.17) is 14.2 Å². The normalized spacial score (nSPS) is 17.3. The molecule has 168 valence electrons. The first-order valence-corrected chi connectivity index (χ1v) is 11.8. The third-order valence-corrected chi connectivity index (χ3v) is 5.87. The predicted molar refractivity (Wildman–Crippen MR) is 127 cm³/mol. The number of unbranched alkanes of at least 4 members (excludes halogenated alkanes) is 6. The lowest BCUT2D eigenvalue weighted by Gasteiger charge is -2.07. The molecule has 3 aromatic rings. The Bertz CT molecular complexity index is 1030. The number of fused-ring (bicyclic) bond motifs is 1. The van der Waals surface area contributed by atoms with Crippen molar-refractivity contribution in [2.24, 2.45) is 0 Å². The molecule has 0 aliphatic carbocycles. The molecular formula is C28H32O4. The van der Waals surface area contributed by atoms with Crippen LogP contribution >= 0.6 is 0 Å². The number of esters is 1. The van der Waals surface area contributed by atoms with Crippen LogP contribution in [0.25, 0.3) is 10.8 Å². The number of ether oxygens (including phenoxy) is 3. The van der Waals surface area contributed by atoms with E-state index in [-0.39, 0.29) is 12.1 Å². The van der Waals surface area contributed by atoms with Gasteiger partial charge in [-0.3, -0.25) is 0 Å². The zero-order valence-corrected chi connectivity index (χ0v) is 18.8. The van der Waals surface area contributed by atoms with E-state index in [1.807, 2.05) is 66.7 Å².